The molecule has 72 valence electrons. The van der Waals surface area contributed by atoms with E-state index in [0.717, 1.165) is 16.6 Å². The molecule has 1 heterocycles. The van der Waals surface area contributed by atoms with Crippen LogP contribution in [0, 0.1) is 11.3 Å². The van der Waals surface area contributed by atoms with E-state index < -0.39 is 0 Å². The number of hydrogen-bond donors (Lipinski definition) is 0. The van der Waals surface area contributed by atoms with Crippen molar-refractivity contribution < 1.29 is 0 Å². The molecule has 14 heavy (non-hydrogen) atoms. The Hall–Kier alpha value is -1.01. The maximum absolute atomic E-state index is 8.89. The van der Waals surface area contributed by atoms with Gasteiger partial charge in [0.25, 0.3) is 0 Å². The monoisotopic (exact) mass is 204 g/mol. The molecule has 0 aliphatic heterocycles. The molecule has 1 aliphatic rings. The molecule has 0 aromatic carbocycles. The first kappa shape index (κ1) is 9.54. The minimum atomic E-state index is 0.582. The van der Waals surface area contributed by atoms with Crippen molar-refractivity contribution in [2.45, 2.75) is 36.3 Å². The summed E-state index contributed by atoms with van der Waals surface area (Å²) in [5, 5.41) is 9.62. The van der Waals surface area contributed by atoms with Crippen LogP contribution in [-0.2, 0) is 6.42 Å². The molecule has 2 nitrogen and oxygen atoms in total. The highest BCUT2D eigenvalue weighted by Gasteiger charge is 2.24. The van der Waals surface area contributed by atoms with E-state index >= 15 is 0 Å². The number of thioether (sulfide) groups is 1. The third-order valence-corrected chi connectivity index (χ3v) is 3.61. The highest BCUT2D eigenvalue weighted by atomic mass is 32.2. The second kappa shape index (κ2) is 4.02. The number of nitriles is 1. The second-order valence-corrected chi connectivity index (χ2v) is 4.82. The van der Waals surface area contributed by atoms with E-state index in [0.29, 0.717) is 5.69 Å². The fraction of sp³-hybridized carbons (Fsp3) is 0.455. The normalized spacial score (nSPS) is 15.1. The van der Waals surface area contributed by atoms with E-state index in [-0.39, 0.29) is 0 Å². The molecule has 2 rings (SSSR count). The summed E-state index contributed by atoms with van der Waals surface area (Å²) in [7, 11) is 0. The average Bonchev–Trinajstić information content (AvgIpc) is 3.01. The Balaban J connectivity index is 2.27. The van der Waals surface area contributed by atoms with Gasteiger partial charge < -0.3 is 0 Å². The predicted octanol–water partition coefficient (Wildman–Crippen LogP) is 2.77. The molecular formula is C11H12N2S. The summed E-state index contributed by atoms with van der Waals surface area (Å²) in [6, 6.07) is 4.25. The van der Waals surface area contributed by atoms with Crippen molar-refractivity contribution in [1.29, 1.82) is 5.26 Å². The lowest BCUT2D eigenvalue weighted by atomic mass is 10.2. The van der Waals surface area contributed by atoms with Crippen molar-refractivity contribution in [2.75, 3.05) is 0 Å². The van der Waals surface area contributed by atoms with Gasteiger partial charge in [-0.15, -0.1) is 11.8 Å². The standard InChI is InChI=1S/C11H12N2S/c1-2-8-5-11(14-9-3-4-9)10(6-12)13-7-8/h5,7,9H,2-4H2,1H3. The largest absolute Gasteiger partial charge is 0.244 e. The number of rotatable bonds is 3. The van der Waals surface area contributed by atoms with Gasteiger partial charge in [0.1, 0.15) is 6.07 Å². The lowest BCUT2D eigenvalue weighted by Gasteiger charge is -2.03. The van der Waals surface area contributed by atoms with Crippen LogP contribution in [0.15, 0.2) is 17.2 Å². The number of nitrogens with zero attached hydrogens (tertiary/aromatic N) is 2. The molecule has 1 aromatic heterocycles. The molecule has 0 spiro atoms. The zero-order valence-corrected chi connectivity index (χ0v) is 8.97. The van der Waals surface area contributed by atoms with Crippen LogP contribution >= 0.6 is 11.8 Å². The van der Waals surface area contributed by atoms with Gasteiger partial charge in [-0.3, -0.25) is 0 Å². The van der Waals surface area contributed by atoms with Gasteiger partial charge in [-0.1, -0.05) is 6.92 Å². The number of aryl methyl sites for hydroxylation is 1. The van der Waals surface area contributed by atoms with Crippen molar-refractivity contribution in [2.24, 2.45) is 0 Å². The highest BCUT2D eigenvalue weighted by molar-refractivity contribution is 8.00. The van der Waals surface area contributed by atoms with Crippen LogP contribution in [0.2, 0.25) is 0 Å². The molecule has 1 saturated carbocycles. The molecule has 1 fully saturated rings. The molecule has 0 atom stereocenters. The molecule has 1 aliphatic carbocycles. The molecule has 0 unspecified atom stereocenters. The molecule has 0 bridgehead atoms. The van der Waals surface area contributed by atoms with Gasteiger partial charge in [-0.05, 0) is 30.9 Å². The Labute approximate surface area is 88.4 Å². The van der Waals surface area contributed by atoms with Gasteiger partial charge in [-0.2, -0.15) is 5.26 Å². The summed E-state index contributed by atoms with van der Waals surface area (Å²) in [4.78, 5) is 5.23. The summed E-state index contributed by atoms with van der Waals surface area (Å²) in [6.45, 7) is 2.11. The second-order valence-electron chi connectivity index (χ2n) is 3.47. The minimum absolute atomic E-state index is 0.582. The summed E-state index contributed by atoms with van der Waals surface area (Å²) in [5.41, 5.74) is 1.80. The Morgan fingerprint density at radius 3 is 3.00 bits per heavy atom. The maximum Gasteiger partial charge on any atom is 0.154 e. The van der Waals surface area contributed by atoms with E-state index in [2.05, 4.69) is 24.0 Å². The first-order valence-electron chi connectivity index (χ1n) is 4.89. The van der Waals surface area contributed by atoms with Crippen molar-refractivity contribution in [3.8, 4) is 6.07 Å². The molecule has 1 aromatic rings. The molecule has 0 N–H and O–H groups in total. The van der Waals surface area contributed by atoms with E-state index in [1.165, 1.54) is 18.4 Å². The Morgan fingerprint density at radius 2 is 2.43 bits per heavy atom. The summed E-state index contributed by atoms with van der Waals surface area (Å²) >= 11 is 1.81. The van der Waals surface area contributed by atoms with Crippen LogP contribution in [-0.4, -0.2) is 10.2 Å². The SMILES string of the molecule is CCc1cnc(C#N)c(SC2CC2)c1. The summed E-state index contributed by atoms with van der Waals surface area (Å²) < 4.78 is 0. The lowest BCUT2D eigenvalue weighted by Crippen LogP contribution is -1.91. The zero-order valence-electron chi connectivity index (χ0n) is 8.16. The topological polar surface area (TPSA) is 36.7 Å². The quantitative estimate of drug-likeness (QED) is 0.759. The van der Waals surface area contributed by atoms with Crippen LogP contribution in [0.5, 0.6) is 0 Å². The highest BCUT2D eigenvalue weighted by Crippen LogP contribution is 2.40. The third-order valence-electron chi connectivity index (χ3n) is 2.24. The number of pyridine rings is 1. The van der Waals surface area contributed by atoms with Crippen LogP contribution in [0.3, 0.4) is 0 Å². The van der Waals surface area contributed by atoms with Gasteiger partial charge >= 0.3 is 0 Å². The van der Waals surface area contributed by atoms with Crippen LogP contribution in [0.25, 0.3) is 0 Å². The molecule has 0 saturated heterocycles. The smallest absolute Gasteiger partial charge is 0.154 e. The maximum atomic E-state index is 8.89. The molecular weight excluding hydrogens is 192 g/mol. The predicted molar refractivity (Wildman–Crippen MR) is 57.2 cm³/mol. The van der Waals surface area contributed by atoms with E-state index in [1.54, 1.807) is 18.0 Å². The van der Waals surface area contributed by atoms with Crippen molar-refractivity contribution >= 4 is 11.8 Å². The number of hydrogen-bond acceptors (Lipinski definition) is 3. The third kappa shape index (κ3) is 2.08. The van der Waals surface area contributed by atoms with Gasteiger partial charge in [0.05, 0.1) is 0 Å². The Kier molecular flexibility index (Phi) is 2.74. The van der Waals surface area contributed by atoms with Gasteiger partial charge in [0.15, 0.2) is 5.69 Å². The van der Waals surface area contributed by atoms with Crippen molar-refractivity contribution in [1.82, 2.24) is 4.98 Å². The first-order valence-corrected chi connectivity index (χ1v) is 5.77. The number of aromatic nitrogens is 1. The summed E-state index contributed by atoms with van der Waals surface area (Å²) in [5.74, 6) is 0. The average molecular weight is 204 g/mol. The minimum Gasteiger partial charge on any atom is -0.244 e. The molecule has 0 radical (unpaired) electrons. The van der Waals surface area contributed by atoms with E-state index in [1.807, 2.05) is 0 Å². The van der Waals surface area contributed by atoms with E-state index in [9.17, 15) is 0 Å². The van der Waals surface area contributed by atoms with Crippen LogP contribution in [0.1, 0.15) is 31.0 Å². The summed E-state index contributed by atoms with van der Waals surface area (Å²) in [6.07, 6.45) is 5.35. The van der Waals surface area contributed by atoms with Crippen LogP contribution < -0.4 is 0 Å². The fourth-order valence-electron chi connectivity index (χ4n) is 1.22. The lowest BCUT2D eigenvalue weighted by molar-refractivity contribution is 1.06. The fourth-order valence-corrected chi connectivity index (χ4v) is 2.38. The van der Waals surface area contributed by atoms with Gasteiger partial charge in [0.2, 0.25) is 0 Å². The van der Waals surface area contributed by atoms with Gasteiger partial charge in [-0.25, -0.2) is 4.98 Å². The van der Waals surface area contributed by atoms with Crippen molar-refractivity contribution in [3.05, 3.63) is 23.5 Å². The van der Waals surface area contributed by atoms with Crippen molar-refractivity contribution in [3.63, 3.8) is 0 Å². The van der Waals surface area contributed by atoms with Crippen LogP contribution in [0.4, 0.5) is 0 Å². The molecule has 0 amide bonds. The Morgan fingerprint density at radius 1 is 1.64 bits per heavy atom. The molecule has 3 heteroatoms. The first-order chi connectivity index (χ1) is 6.83. The zero-order chi connectivity index (χ0) is 9.97. The van der Waals surface area contributed by atoms with E-state index in [4.69, 9.17) is 5.26 Å². The van der Waals surface area contributed by atoms with Gasteiger partial charge in [0, 0.05) is 16.3 Å². The Bertz CT molecular complexity index is 377.